The number of nitrogens with zero attached hydrogens (tertiary/aromatic N) is 5. The lowest BCUT2D eigenvalue weighted by Crippen LogP contribution is -2.52. The van der Waals surface area contributed by atoms with Gasteiger partial charge in [-0.1, -0.05) is 17.7 Å². The van der Waals surface area contributed by atoms with Crippen molar-refractivity contribution < 1.29 is 27.2 Å². The van der Waals surface area contributed by atoms with Crippen LogP contribution in [0.4, 0.5) is 23.4 Å². The van der Waals surface area contributed by atoms with E-state index in [0.717, 1.165) is 12.3 Å². The second kappa shape index (κ2) is 12.8. The Labute approximate surface area is 262 Å². The van der Waals surface area contributed by atoms with Gasteiger partial charge in [0.1, 0.15) is 11.6 Å². The monoisotopic (exact) mass is 639 g/mol. The number of hydrogen-bond donors (Lipinski definition) is 0. The summed E-state index contributed by atoms with van der Waals surface area (Å²) in [5.41, 5.74) is -0.335. The molecule has 7 nitrogen and oxygen atoms in total. The highest BCUT2D eigenvalue weighted by molar-refractivity contribution is 6.30. The van der Waals surface area contributed by atoms with E-state index in [1.54, 1.807) is 24.0 Å². The fourth-order valence-electron chi connectivity index (χ4n) is 6.53. The van der Waals surface area contributed by atoms with Crippen LogP contribution in [0, 0.1) is 11.7 Å². The number of amides is 2. The zero-order chi connectivity index (χ0) is 32.7. The van der Waals surface area contributed by atoms with E-state index in [9.17, 15) is 22.8 Å². The van der Waals surface area contributed by atoms with Gasteiger partial charge in [0.15, 0.2) is 0 Å². The first-order chi connectivity index (χ1) is 20.4. The molecule has 0 N–H and O–H groups in total. The molecular formula is C32H42ClF4N5O2. The van der Waals surface area contributed by atoms with E-state index in [4.69, 9.17) is 11.6 Å². The van der Waals surface area contributed by atoms with Crippen molar-refractivity contribution in [3.05, 3.63) is 58.0 Å². The largest absolute Gasteiger partial charge is 0.417 e. The molecule has 2 aliphatic rings. The highest BCUT2D eigenvalue weighted by Gasteiger charge is 2.45. The van der Waals surface area contributed by atoms with Crippen LogP contribution in [0.3, 0.4) is 0 Å². The molecule has 2 fully saturated rings. The Morgan fingerprint density at radius 1 is 1.02 bits per heavy atom. The molecule has 4 rings (SSSR count). The number of carbonyl (C=O) groups is 2. The fourth-order valence-corrected chi connectivity index (χ4v) is 6.69. The number of hydrogen-bond acceptors (Lipinski definition) is 5. The van der Waals surface area contributed by atoms with E-state index in [1.165, 1.54) is 17.9 Å². The van der Waals surface area contributed by atoms with Crippen molar-refractivity contribution in [3.8, 4) is 0 Å². The molecule has 3 atom stereocenters. The van der Waals surface area contributed by atoms with E-state index in [1.807, 2.05) is 18.7 Å². The van der Waals surface area contributed by atoms with Gasteiger partial charge in [-0.25, -0.2) is 9.37 Å². The maximum atomic E-state index is 15.1. The smallest absolute Gasteiger partial charge is 0.353 e. The van der Waals surface area contributed by atoms with Crippen molar-refractivity contribution in [1.82, 2.24) is 19.7 Å². The quantitative estimate of drug-likeness (QED) is 0.344. The number of halogens is 5. The summed E-state index contributed by atoms with van der Waals surface area (Å²) in [7, 11) is 0. The maximum absolute atomic E-state index is 15.1. The summed E-state index contributed by atoms with van der Waals surface area (Å²) in [5.74, 6) is -1.21. The Balaban J connectivity index is 1.58. The molecule has 0 spiro atoms. The number of piperazine rings is 1. The third-order valence-electron chi connectivity index (χ3n) is 8.85. The van der Waals surface area contributed by atoms with Crippen molar-refractivity contribution in [2.24, 2.45) is 5.92 Å². The Bertz CT molecular complexity index is 1370. The Hall–Kier alpha value is -2.92. The normalized spacial score (nSPS) is 20.8. The highest BCUT2D eigenvalue weighted by atomic mass is 35.5. The molecule has 0 saturated carbocycles. The molecule has 12 heteroatoms. The first-order valence-electron chi connectivity index (χ1n) is 15.0. The second-order valence-electron chi connectivity index (χ2n) is 13.1. The van der Waals surface area contributed by atoms with Crippen molar-refractivity contribution in [2.45, 2.75) is 78.2 Å². The molecule has 0 unspecified atom stereocenters. The third kappa shape index (κ3) is 7.14. The number of rotatable bonds is 6. The second-order valence-corrected chi connectivity index (χ2v) is 13.5. The van der Waals surface area contributed by atoms with Crippen molar-refractivity contribution in [3.63, 3.8) is 0 Å². The van der Waals surface area contributed by atoms with E-state index >= 15 is 4.39 Å². The van der Waals surface area contributed by atoms with Gasteiger partial charge in [0.2, 0.25) is 11.8 Å². The van der Waals surface area contributed by atoms with Crippen molar-refractivity contribution >= 4 is 29.2 Å². The predicted molar refractivity (Wildman–Crippen MR) is 163 cm³/mol. The summed E-state index contributed by atoms with van der Waals surface area (Å²) in [6.45, 7) is 15.3. The molecular weight excluding hydrogens is 598 g/mol. The van der Waals surface area contributed by atoms with Crippen LogP contribution >= 0.6 is 11.6 Å². The molecule has 3 heterocycles. The minimum absolute atomic E-state index is 0.0766. The number of likely N-dealkylation sites (tertiary alicyclic amines) is 1. The molecule has 0 aliphatic carbocycles. The lowest BCUT2D eigenvalue weighted by molar-refractivity contribution is -0.138. The summed E-state index contributed by atoms with van der Waals surface area (Å²) in [5, 5.41) is 0.293. The zero-order valence-corrected chi connectivity index (χ0v) is 27.1. The summed E-state index contributed by atoms with van der Waals surface area (Å²) < 4.78 is 56.2. The average molecular weight is 640 g/mol. The van der Waals surface area contributed by atoms with Gasteiger partial charge < -0.3 is 14.7 Å². The number of alkyl halides is 3. The maximum Gasteiger partial charge on any atom is 0.417 e. The fraction of sp³-hybridized carbons (Fsp3) is 0.594. The molecule has 1 aromatic heterocycles. The molecule has 1 aromatic carbocycles. The van der Waals surface area contributed by atoms with Crippen LogP contribution in [-0.2, 0) is 15.8 Å². The molecule has 0 radical (unpaired) electrons. The van der Waals surface area contributed by atoms with Crippen LogP contribution in [0.25, 0.3) is 0 Å². The van der Waals surface area contributed by atoms with Gasteiger partial charge in [0.05, 0.1) is 17.5 Å². The molecule has 2 aliphatic heterocycles. The summed E-state index contributed by atoms with van der Waals surface area (Å²) >= 11 is 6.01. The number of pyridine rings is 1. The van der Waals surface area contributed by atoms with Gasteiger partial charge in [0, 0.05) is 80.5 Å². The average Bonchev–Trinajstić information content (AvgIpc) is 3.37. The zero-order valence-electron chi connectivity index (χ0n) is 26.4. The van der Waals surface area contributed by atoms with Crippen molar-refractivity contribution in [1.29, 1.82) is 0 Å². The first-order valence-corrected chi connectivity index (χ1v) is 15.4. The minimum atomic E-state index is -4.59. The molecule has 44 heavy (non-hydrogen) atoms. The Morgan fingerprint density at radius 3 is 2.18 bits per heavy atom. The van der Waals surface area contributed by atoms with Crippen LogP contribution in [0.15, 0.2) is 30.5 Å². The first kappa shape index (κ1) is 34.0. The molecule has 2 saturated heterocycles. The molecule has 242 valence electrons. The van der Waals surface area contributed by atoms with Gasteiger partial charge in [0.25, 0.3) is 0 Å². The summed E-state index contributed by atoms with van der Waals surface area (Å²) in [6, 6.07) is 4.76. The minimum Gasteiger partial charge on any atom is -0.353 e. The van der Waals surface area contributed by atoms with Crippen molar-refractivity contribution in [2.75, 3.05) is 44.2 Å². The number of benzene rings is 1. The lowest BCUT2D eigenvalue weighted by atomic mass is 9.87. The SMILES string of the molecule is CC(=O)N(C(C)C)[C@H](C)c1cc(C(F)(F)F)cnc1N1CCN(C(=O)[C@@H]2CN(C(C)(C)C)C[C@H]2c2ccc(Cl)cc2F)CC1. The van der Waals surface area contributed by atoms with Gasteiger partial charge >= 0.3 is 6.18 Å². The van der Waals surface area contributed by atoms with Crippen LogP contribution in [0.1, 0.15) is 77.1 Å². The lowest BCUT2D eigenvalue weighted by Gasteiger charge is -2.40. The summed E-state index contributed by atoms with van der Waals surface area (Å²) in [4.78, 5) is 38.1. The molecule has 2 amide bonds. The summed E-state index contributed by atoms with van der Waals surface area (Å²) in [6.07, 6.45) is -3.77. The molecule has 0 bridgehead atoms. The molecule has 2 aromatic rings. The van der Waals surface area contributed by atoms with E-state index in [2.05, 4.69) is 30.7 Å². The standard InChI is InChI=1S/C32H42ClF4N5O2/c1-19(2)42(21(4)43)20(3)25-14-22(32(35,36)37)16-38-29(25)39-10-12-40(13-11-39)30(44)27-18-41(31(5,6)7)17-26(27)24-9-8-23(33)15-28(24)34/h8-9,14-16,19-20,26-27H,10-13,17-18H2,1-7H3/t20-,26+,27-/m1/s1. The topological polar surface area (TPSA) is 60.0 Å². The van der Waals surface area contributed by atoms with Crippen LogP contribution in [-0.4, -0.2) is 82.3 Å². The highest BCUT2D eigenvalue weighted by Crippen LogP contribution is 2.40. The van der Waals surface area contributed by atoms with E-state index in [-0.39, 0.29) is 29.3 Å². The number of anilines is 1. The van der Waals surface area contributed by atoms with Gasteiger partial charge in [-0.05, 0) is 65.3 Å². The van der Waals surface area contributed by atoms with E-state index in [0.29, 0.717) is 61.2 Å². The third-order valence-corrected chi connectivity index (χ3v) is 9.08. The van der Waals surface area contributed by atoms with Gasteiger partial charge in [-0.15, -0.1) is 0 Å². The van der Waals surface area contributed by atoms with Crippen LogP contribution in [0.2, 0.25) is 5.02 Å². The van der Waals surface area contributed by atoms with Gasteiger partial charge in [-0.3, -0.25) is 14.5 Å². The van der Waals surface area contributed by atoms with Gasteiger partial charge in [-0.2, -0.15) is 13.2 Å². The number of aromatic nitrogens is 1. The Kier molecular flexibility index (Phi) is 9.90. The van der Waals surface area contributed by atoms with Crippen LogP contribution in [0.5, 0.6) is 0 Å². The van der Waals surface area contributed by atoms with E-state index < -0.39 is 29.5 Å². The Morgan fingerprint density at radius 2 is 1.66 bits per heavy atom. The number of carbonyl (C=O) groups excluding carboxylic acids is 2. The van der Waals surface area contributed by atoms with Crippen LogP contribution < -0.4 is 4.90 Å². The predicted octanol–water partition coefficient (Wildman–Crippen LogP) is 6.37.